The Labute approximate surface area is 152 Å². The molecule has 8 heteroatoms. The Morgan fingerprint density at radius 1 is 1.23 bits per heavy atom. The Hall–Kier alpha value is -2.38. The first-order valence-corrected chi connectivity index (χ1v) is 9.27. The van der Waals surface area contributed by atoms with Crippen molar-refractivity contribution in [3.8, 4) is 0 Å². The van der Waals surface area contributed by atoms with Gasteiger partial charge < -0.3 is 4.74 Å². The molecule has 26 heavy (non-hydrogen) atoms. The molecule has 0 unspecified atom stereocenters. The van der Waals surface area contributed by atoms with Crippen molar-refractivity contribution in [2.75, 3.05) is 0 Å². The maximum Gasteiger partial charge on any atom is 0.330 e. The first kappa shape index (κ1) is 19.9. The second kappa shape index (κ2) is 9.35. The molecular weight excluding hydrogens is 336 g/mol. The molecule has 2 rings (SSSR count). The summed E-state index contributed by atoms with van der Waals surface area (Å²) in [6.45, 7) is 6.45. The highest BCUT2D eigenvalue weighted by Crippen LogP contribution is 2.10. The van der Waals surface area contributed by atoms with Gasteiger partial charge >= 0.3 is 11.7 Å². The first-order chi connectivity index (χ1) is 12.4. The number of aromatic amines is 1. The minimum absolute atomic E-state index is 0.0900. The van der Waals surface area contributed by atoms with Crippen molar-refractivity contribution in [2.24, 2.45) is 5.92 Å². The largest absolute Gasteiger partial charge is 0.444 e. The lowest BCUT2D eigenvalue weighted by Gasteiger charge is -2.09. The van der Waals surface area contributed by atoms with Crippen LogP contribution in [0.3, 0.4) is 0 Å². The molecule has 0 aliphatic heterocycles. The van der Waals surface area contributed by atoms with Gasteiger partial charge in [0.05, 0.1) is 0 Å². The maximum atomic E-state index is 12.2. The standard InChI is InChI=1S/C18H28N4O4/c1-4-5-6-7-8-9-14(23)26-12-21-11-19-16-15(21)17(24)20-18(25)22(16)10-13(2)3/h11,13H,4-10,12H2,1-3H3,(H,20,24,25). The van der Waals surface area contributed by atoms with Crippen LogP contribution >= 0.6 is 0 Å². The number of unbranched alkanes of at least 4 members (excludes halogenated alkanes) is 4. The summed E-state index contributed by atoms with van der Waals surface area (Å²) in [6, 6.07) is 0. The summed E-state index contributed by atoms with van der Waals surface area (Å²) in [6.07, 6.45) is 7.07. The van der Waals surface area contributed by atoms with E-state index in [9.17, 15) is 14.4 Å². The van der Waals surface area contributed by atoms with Crippen molar-refractivity contribution >= 4 is 17.1 Å². The number of esters is 1. The molecule has 0 aromatic carbocycles. The van der Waals surface area contributed by atoms with Gasteiger partial charge in [0.1, 0.15) is 6.33 Å². The molecule has 0 saturated carbocycles. The molecule has 0 bridgehead atoms. The van der Waals surface area contributed by atoms with E-state index in [-0.39, 0.29) is 24.1 Å². The second-order valence-electron chi connectivity index (χ2n) is 6.96. The van der Waals surface area contributed by atoms with Crippen LogP contribution in [-0.4, -0.2) is 25.1 Å². The van der Waals surface area contributed by atoms with Gasteiger partial charge in [-0.3, -0.25) is 23.7 Å². The number of carbonyl (C=O) groups is 1. The topological polar surface area (TPSA) is 99.0 Å². The van der Waals surface area contributed by atoms with E-state index < -0.39 is 11.2 Å². The van der Waals surface area contributed by atoms with Gasteiger partial charge in [-0.1, -0.05) is 46.5 Å². The van der Waals surface area contributed by atoms with Crippen LogP contribution in [0.25, 0.3) is 11.2 Å². The fraction of sp³-hybridized carbons (Fsp3) is 0.667. The molecule has 0 saturated heterocycles. The molecule has 144 valence electrons. The molecule has 2 aromatic heterocycles. The Morgan fingerprint density at radius 3 is 2.65 bits per heavy atom. The lowest BCUT2D eigenvalue weighted by Crippen LogP contribution is -2.32. The summed E-state index contributed by atoms with van der Waals surface area (Å²) in [5.74, 6) is -0.0761. The average molecular weight is 364 g/mol. The highest BCUT2D eigenvalue weighted by atomic mass is 16.5. The summed E-state index contributed by atoms with van der Waals surface area (Å²) in [7, 11) is 0. The van der Waals surface area contributed by atoms with Crippen LogP contribution in [0, 0.1) is 5.92 Å². The van der Waals surface area contributed by atoms with E-state index in [1.165, 1.54) is 21.9 Å². The molecule has 0 amide bonds. The van der Waals surface area contributed by atoms with Gasteiger partial charge in [0.15, 0.2) is 17.9 Å². The molecule has 1 N–H and O–H groups in total. The van der Waals surface area contributed by atoms with Crippen LogP contribution in [0.2, 0.25) is 0 Å². The summed E-state index contributed by atoms with van der Waals surface area (Å²) in [4.78, 5) is 42.5. The molecule has 0 aliphatic rings. The fourth-order valence-corrected chi connectivity index (χ4v) is 2.84. The monoisotopic (exact) mass is 364 g/mol. The van der Waals surface area contributed by atoms with Crippen LogP contribution in [0.1, 0.15) is 59.3 Å². The normalized spacial score (nSPS) is 11.4. The van der Waals surface area contributed by atoms with Crippen LogP contribution in [0.15, 0.2) is 15.9 Å². The Kier molecular flexibility index (Phi) is 7.17. The van der Waals surface area contributed by atoms with Gasteiger partial charge in [0.25, 0.3) is 5.56 Å². The van der Waals surface area contributed by atoms with Gasteiger partial charge in [0.2, 0.25) is 0 Å². The number of imidazole rings is 1. The molecule has 0 fully saturated rings. The van der Waals surface area contributed by atoms with Crippen molar-refractivity contribution in [1.82, 2.24) is 19.1 Å². The van der Waals surface area contributed by atoms with Gasteiger partial charge in [-0.25, -0.2) is 9.78 Å². The smallest absolute Gasteiger partial charge is 0.330 e. The minimum atomic E-state index is -0.530. The Bertz CT molecular complexity index is 847. The van der Waals surface area contributed by atoms with Crippen molar-refractivity contribution in [2.45, 2.75) is 72.6 Å². The first-order valence-electron chi connectivity index (χ1n) is 9.27. The van der Waals surface area contributed by atoms with Gasteiger partial charge in [-0.2, -0.15) is 0 Å². The lowest BCUT2D eigenvalue weighted by molar-refractivity contribution is -0.147. The zero-order valence-corrected chi connectivity index (χ0v) is 15.8. The van der Waals surface area contributed by atoms with E-state index in [4.69, 9.17) is 4.74 Å². The second-order valence-corrected chi connectivity index (χ2v) is 6.96. The summed E-state index contributed by atoms with van der Waals surface area (Å²) in [5, 5.41) is 0. The molecule has 0 atom stereocenters. The Balaban J connectivity index is 2.06. The van der Waals surface area contributed by atoms with Gasteiger partial charge in [-0.15, -0.1) is 0 Å². The number of rotatable bonds is 10. The van der Waals surface area contributed by atoms with E-state index >= 15 is 0 Å². The van der Waals surface area contributed by atoms with E-state index in [1.54, 1.807) is 0 Å². The lowest BCUT2D eigenvalue weighted by atomic mass is 10.1. The van der Waals surface area contributed by atoms with E-state index in [0.717, 1.165) is 25.7 Å². The van der Waals surface area contributed by atoms with E-state index in [0.29, 0.717) is 18.6 Å². The summed E-state index contributed by atoms with van der Waals surface area (Å²) < 4.78 is 8.15. The predicted molar refractivity (Wildman–Crippen MR) is 98.9 cm³/mol. The number of carbonyl (C=O) groups excluding carboxylic acids is 1. The molecule has 8 nitrogen and oxygen atoms in total. The van der Waals surface area contributed by atoms with Crippen LogP contribution < -0.4 is 11.2 Å². The third-order valence-electron chi connectivity index (χ3n) is 4.15. The molecule has 0 aliphatic carbocycles. The molecular formula is C18H28N4O4. The van der Waals surface area contributed by atoms with E-state index in [1.807, 2.05) is 13.8 Å². The third-order valence-corrected chi connectivity index (χ3v) is 4.15. The number of hydrogen-bond donors (Lipinski definition) is 1. The number of aromatic nitrogens is 4. The average Bonchev–Trinajstić information content (AvgIpc) is 3.01. The summed E-state index contributed by atoms with van der Waals surface area (Å²) in [5.41, 5.74) is -0.465. The molecule has 2 aromatic rings. The predicted octanol–water partition coefficient (Wildman–Crippen LogP) is 2.40. The quantitative estimate of drug-likeness (QED) is 0.515. The SMILES string of the molecule is CCCCCCCC(=O)OCn1cnc2c1c(=O)[nH]c(=O)n2CC(C)C. The van der Waals surface area contributed by atoms with Crippen LogP contribution in [0.4, 0.5) is 0 Å². The van der Waals surface area contributed by atoms with Gasteiger partial charge in [-0.05, 0) is 12.3 Å². The minimum Gasteiger partial charge on any atom is -0.444 e. The Morgan fingerprint density at radius 2 is 1.96 bits per heavy atom. The van der Waals surface area contributed by atoms with Crippen molar-refractivity contribution < 1.29 is 9.53 Å². The number of fused-ring (bicyclic) bond motifs is 1. The highest BCUT2D eigenvalue weighted by molar-refractivity contribution is 5.71. The fourth-order valence-electron chi connectivity index (χ4n) is 2.84. The van der Waals surface area contributed by atoms with Crippen molar-refractivity contribution in [3.63, 3.8) is 0 Å². The number of hydrogen-bond acceptors (Lipinski definition) is 5. The molecule has 0 spiro atoms. The highest BCUT2D eigenvalue weighted by Gasteiger charge is 2.15. The zero-order valence-electron chi connectivity index (χ0n) is 15.8. The zero-order chi connectivity index (χ0) is 19.1. The number of ether oxygens (including phenoxy) is 1. The summed E-state index contributed by atoms with van der Waals surface area (Å²) >= 11 is 0. The third kappa shape index (κ3) is 5.06. The van der Waals surface area contributed by atoms with Crippen LogP contribution in [0.5, 0.6) is 0 Å². The van der Waals surface area contributed by atoms with Crippen molar-refractivity contribution in [1.29, 1.82) is 0 Å². The van der Waals surface area contributed by atoms with Crippen LogP contribution in [-0.2, 0) is 22.8 Å². The molecule has 2 heterocycles. The van der Waals surface area contributed by atoms with Gasteiger partial charge in [0, 0.05) is 13.0 Å². The number of nitrogens with zero attached hydrogens (tertiary/aromatic N) is 3. The number of H-pyrrole nitrogens is 1. The number of nitrogens with one attached hydrogen (secondary N) is 1. The van der Waals surface area contributed by atoms with Crippen molar-refractivity contribution in [3.05, 3.63) is 27.2 Å². The maximum absolute atomic E-state index is 12.2. The van der Waals surface area contributed by atoms with E-state index in [2.05, 4.69) is 16.9 Å². The molecule has 0 radical (unpaired) electrons.